The molecule has 0 atom stereocenters. The Bertz CT molecular complexity index is 739. The zero-order chi connectivity index (χ0) is 16.8. The lowest BCUT2D eigenvalue weighted by Gasteiger charge is -2.10. The fourth-order valence-corrected chi connectivity index (χ4v) is 2.04. The molecule has 5 heteroatoms. The number of hydrogen-bond donors (Lipinski definition) is 2. The molecule has 0 spiro atoms. The second-order valence-electron chi connectivity index (χ2n) is 5.14. The van der Waals surface area contributed by atoms with Crippen molar-refractivity contribution in [1.82, 2.24) is 5.32 Å². The molecule has 5 nitrogen and oxygen atoms in total. The van der Waals surface area contributed by atoms with Crippen molar-refractivity contribution in [1.29, 1.82) is 0 Å². The van der Waals surface area contributed by atoms with Crippen LogP contribution >= 0.6 is 0 Å². The van der Waals surface area contributed by atoms with Gasteiger partial charge >= 0.3 is 6.09 Å². The van der Waals surface area contributed by atoms with Gasteiger partial charge in [-0.25, -0.2) is 4.79 Å². The van der Waals surface area contributed by atoms with E-state index in [1.54, 1.807) is 30.5 Å². The van der Waals surface area contributed by atoms with Gasteiger partial charge in [-0.05, 0) is 56.2 Å². The second-order valence-corrected chi connectivity index (χ2v) is 5.14. The van der Waals surface area contributed by atoms with Crippen LogP contribution in [0.5, 0.6) is 11.5 Å². The highest BCUT2D eigenvalue weighted by atomic mass is 16.6. The largest absolute Gasteiger partial charge is 0.507 e. The Morgan fingerprint density at radius 2 is 2.00 bits per heavy atom. The number of nitrogens with zero attached hydrogens (tertiary/aromatic N) is 1. The Morgan fingerprint density at radius 1 is 1.26 bits per heavy atom. The quantitative estimate of drug-likeness (QED) is 0.842. The predicted molar refractivity (Wildman–Crippen MR) is 91.0 cm³/mol. The molecule has 0 aliphatic heterocycles. The average Bonchev–Trinajstić information content (AvgIpc) is 2.51. The zero-order valence-corrected chi connectivity index (χ0v) is 13.5. The molecule has 0 aliphatic carbocycles. The smallest absolute Gasteiger partial charge is 0.412 e. The Morgan fingerprint density at radius 3 is 2.70 bits per heavy atom. The van der Waals surface area contributed by atoms with Crippen LogP contribution in [0.15, 0.2) is 41.4 Å². The van der Waals surface area contributed by atoms with Gasteiger partial charge in [-0.3, -0.25) is 4.99 Å². The Kier molecular flexibility index (Phi) is 5.36. The summed E-state index contributed by atoms with van der Waals surface area (Å²) in [5.74, 6) is 0.691. The van der Waals surface area contributed by atoms with E-state index in [1.165, 1.54) is 0 Å². The van der Waals surface area contributed by atoms with Crippen molar-refractivity contribution in [3.8, 4) is 11.5 Å². The van der Waals surface area contributed by atoms with Crippen LogP contribution in [0.4, 0.5) is 10.5 Å². The lowest BCUT2D eigenvalue weighted by molar-refractivity contribution is 0.201. The van der Waals surface area contributed by atoms with Gasteiger partial charge in [-0.15, -0.1) is 0 Å². The van der Waals surface area contributed by atoms with Crippen molar-refractivity contribution in [2.24, 2.45) is 4.99 Å². The van der Waals surface area contributed by atoms with Crippen LogP contribution in [0.3, 0.4) is 0 Å². The van der Waals surface area contributed by atoms with E-state index in [9.17, 15) is 9.90 Å². The molecule has 0 fully saturated rings. The second kappa shape index (κ2) is 7.45. The number of para-hydroxylation sites is 1. The molecule has 2 rings (SSSR count). The summed E-state index contributed by atoms with van der Waals surface area (Å²) in [6.07, 6.45) is 1.14. The molecule has 0 aromatic heterocycles. The molecule has 0 unspecified atom stereocenters. The highest BCUT2D eigenvalue weighted by Gasteiger charge is 2.09. The Hall–Kier alpha value is -2.82. The number of phenols is 1. The van der Waals surface area contributed by atoms with Gasteiger partial charge in [-0.1, -0.05) is 12.1 Å². The summed E-state index contributed by atoms with van der Waals surface area (Å²) in [4.78, 5) is 15.9. The van der Waals surface area contributed by atoms with Crippen molar-refractivity contribution < 1.29 is 14.6 Å². The summed E-state index contributed by atoms with van der Waals surface area (Å²) < 4.78 is 5.26. The van der Waals surface area contributed by atoms with Crippen LogP contribution in [0, 0.1) is 13.8 Å². The minimum atomic E-state index is -0.472. The molecule has 0 radical (unpaired) electrons. The lowest BCUT2D eigenvalue weighted by Crippen LogP contribution is -2.26. The first kappa shape index (κ1) is 16.5. The maximum absolute atomic E-state index is 11.5. The fourth-order valence-electron chi connectivity index (χ4n) is 2.04. The normalized spacial score (nSPS) is 10.7. The molecule has 0 saturated heterocycles. The third-order valence-electron chi connectivity index (χ3n) is 3.30. The van der Waals surface area contributed by atoms with Crippen LogP contribution < -0.4 is 10.1 Å². The number of amides is 1. The van der Waals surface area contributed by atoms with Crippen LogP contribution in [0.1, 0.15) is 23.6 Å². The summed E-state index contributed by atoms with van der Waals surface area (Å²) in [6.45, 7) is 6.09. The molecule has 0 heterocycles. The van der Waals surface area contributed by atoms with E-state index in [1.807, 2.05) is 32.9 Å². The number of benzene rings is 2. The SMILES string of the molecule is CCNC(=O)Oc1cc(C)c(/N=C/c2ccccc2O)cc1C. The molecule has 120 valence electrons. The van der Waals surface area contributed by atoms with Crippen molar-refractivity contribution in [3.05, 3.63) is 53.1 Å². The predicted octanol–water partition coefficient (Wildman–Crippen LogP) is 3.87. The number of carbonyl (C=O) groups excluding carboxylic acids is 1. The number of aryl methyl sites for hydroxylation is 2. The fraction of sp³-hybridized carbons (Fsp3) is 0.222. The van der Waals surface area contributed by atoms with Gasteiger partial charge in [0.15, 0.2) is 0 Å². The molecule has 0 saturated carbocycles. The molecule has 2 aromatic carbocycles. The van der Waals surface area contributed by atoms with Crippen LogP contribution in [-0.2, 0) is 0 Å². The summed E-state index contributed by atoms with van der Waals surface area (Å²) in [5, 5.41) is 12.3. The van der Waals surface area contributed by atoms with Gasteiger partial charge in [0, 0.05) is 18.3 Å². The van der Waals surface area contributed by atoms with E-state index in [4.69, 9.17) is 4.74 Å². The summed E-state index contributed by atoms with van der Waals surface area (Å²) in [7, 11) is 0. The third-order valence-corrected chi connectivity index (χ3v) is 3.30. The Labute approximate surface area is 135 Å². The van der Waals surface area contributed by atoms with E-state index in [0.717, 1.165) is 16.8 Å². The maximum Gasteiger partial charge on any atom is 0.412 e. The van der Waals surface area contributed by atoms with Gasteiger partial charge in [0.25, 0.3) is 0 Å². The highest BCUT2D eigenvalue weighted by molar-refractivity contribution is 5.85. The van der Waals surface area contributed by atoms with Gasteiger partial charge in [0.2, 0.25) is 0 Å². The van der Waals surface area contributed by atoms with E-state index in [2.05, 4.69) is 10.3 Å². The molecular weight excluding hydrogens is 292 g/mol. The van der Waals surface area contributed by atoms with E-state index in [0.29, 0.717) is 17.9 Å². The average molecular weight is 312 g/mol. The molecule has 1 amide bonds. The first-order valence-corrected chi connectivity index (χ1v) is 7.40. The van der Waals surface area contributed by atoms with Gasteiger partial charge < -0.3 is 15.2 Å². The molecule has 0 bridgehead atoms. The number of hydrogen-bond acceptors (Lipinski definition) is 4. The van der Waals surface area contributed by atoms with Gasteiger partial charge in [0.1, 0.15) is 11.5 Å². The van der Waals surface area contributed by atoms with Crippen LogP contribution in [0.25, 0.3) is 0 Å². The van der Waals surface area contributed by atoms with Gasteiger partial charge in [0.05, 0.1) is 5.69 Å². The minimum absolute atomic E-state index is 0.182. The van der Waals surface area contributed by atoms with Crippen LogP contribution in [0.2, 0.25) is 0 Å². The first-order chi connectivity index (χ1) is 11.0. The van der Waals surface area contributed by atoms with E-state index < -0.39 is 6.09 Å². The monoisotopic (exact) mass is 312 g/mol. The van der Waals surface area contributed by atoms with Crippen molar-refractivity contribution >= 4 is 18.0 Å². The standard InChI is InChI=1S/C18H20N2O3/c1-4-19-18(22)23-17-10-12(2)15(9-13(17)3)20-11-14-7-5-6-8-16(14)21/h5-11,21H,4H2,1-3H3,(H,19,22)/b20-11+. The molecule has 0 aliphatic rings. The zero-order valence-electron chi connectivity index (χ0n) is 13.5. The van der Waals surface area contributed by atoms with E-state index >= 15 is 0 Å². The van der Waals surface area contributed by atoms with E-state index in [-0.39, 0.29) is 5.75 Å². The molecule has 2 N–H and O–H groups in total. The topological polar surface area (TPSA) is 70.9 Å². The van der Waals surface area contributed by atoms with Crippen LogP contribution in [-0.4, -0.2) is 24.0 Å². The van der Waals surface area contributed by atoms with Crippen molar-refractivity contribution in [2.45, 2.75) is 20.8 Å². The number of carbonyl (C=O) groups is 1. The van der Waals surface area contributed by atoms with Gasteiger partial charge in [-0.2, -0.15) is 0 Å². The maximum atomic E-state index is 11.5. The molecular formula is C18H20N2O3. The summed E-state index contributed by atoms with van der Waals surface area (Å²) >= 11 is 0. The number of nitrogens with one attached hydrogen (secondary N) is 1. The summed E-state index contributed by atoms with van der Waals surface area (Å²) in [6, 6.07) is 10.6. The number of ether oxygens (including phenoxy) is 1. The van der Waals surface area contributed by atoms with Crippen molar-refractivity contribution in [3.63, 3.8) is 0 Å². The highest BCUT2D eigenvalue weighted by Crippen LogP contribution is 2.28. The number of aliphatic imine (C=N–C) groups is 1. The number of phenolic OH excluding ortho intramolecular Hbond substituents is 1. The summed E-state index contributed by atoms with van der Waals surface area (Å²) in [5.41, 5.74) is 3.09. The molecule has 23 heavy (non-hydrogen) atoms. The lowest BCUT2D eigenvalue weighted by atomic mass is 10.1. The molecule has 2 aromatic rings. The first-order valence-electron chi connectivity index (χ1n) is 7.40. The third kappa shape index (κ3) is 4.32. The number of rotatable bonds is 4. The minimum Gasteiger partial charge on any atom is -0.507 e. The Balaban J connectivity index is 2.23. The van der Waals surface area contributed by atoms with Crippen molar-refractivity contribution in [2.75, 3.05) is 6.54 Å². The number of aromatic hydroxyl groups is 1.